The van der Waals surface area contributed by atoms with Crippen LogP contribution in [0.4, 0.5) is 15.3 Å². The average Bonchev–Trinajstić information content (AvgIpc) is 3.26. The molecule has 5 rings (SSSR count). The Balaban J connectivity index is 0.00000115. The summed E-state index contributed by atoms with van der Waals surface area (Å²) in [5.74, 6) is 0.174. The van der Waals surface area contributed by atoms with E-state index in [1.165, 1.54) is 4.68 Å². The molecule has 4 heterocycles. The summed E-state index contributed by atoms with van der Waals surface area (Å²) in [5, 5.41) is 23.3. The summed E-state index contributed by atoms with van der Waals surface area (Å²) in [6.45, 7) is 7.79. The number of carbonyl (C=O) groups is 4. The lowest BCUT2D eigenvalue weighted by molar-refractivity contribution is -0.122. The van der Waals surface area contributed by atoms with Crippen molar-refractivity contribution in [3.8, 4) is 0 Å². The predicted molar refractivity (Wildman–Crippen MR) is 135 cm³/mol. The predicted octanol–water partition coefficient (Wildman–Crippen LogP) is 2.06. The summed E-state index contributed by atoms with van der Waals surface area (Å²) in [6, 6.07) is 4.48. The molecule has 3 fully saturated rings. The molecule has 0 saturated carbocycles. The molecule has 1 aromatic heterocycles. The van der Waals surface area contributed by atoms with E-state index < -0.39 is 0 Å². The lowest BCUT2D eigenvalue weighted by Gasteiger charge is -2.44. The first kappa shape index (κ1) is 26.9. The highest BCUT2D eigenvalue weighted by Crippen LogP contribution is 2.28. The molecule has 1 atom stereocenters. The number of nitrogens with zero attached hydrogens (tertiary/aromatic N) is 3. The van der Waals surface area contributed by atoms with Crippen LogP contribution in [-0.4, -0.2) is 83.0 Å². The van der Waals surface area contributed by atoms with Crippen molar-refractivity contribution in [2.45, 2.75) is 45.6 Å². The number of nitrogens with one attached hydrogen (secondary N) is 4. The maximum atomic E-state index is 13.3. The number of urea groups is 1. The van der Waals surface area contributed by atoms with E-state index in [1.54, 1.807) is 18.2 Å². The second kappa shape index (κ2) is 12.9. The molecule has 2 aromatic rings. The van der Waals surface area contributed by atoms with Gasteiger partial charge in [0.2, 0.25) is 0 Å². The summed E-state index contributed by atoms with van der Waals surface area (Å²) >= 11 is 0. The monoisotopic (exact) mass is 501 g/mol. The Hall–Kier alpha value is -3.67. The molecule has 3 saturated heterocycles. The molecule has 36 heavy (non-hydrogen) atoms. The van der Waals surface area contributed by atoms with E-state index in [0.717, 1.165) is 45.3 Å². The molecule has 1 aromatic carbocycles. The topological polar surface area (TPSA) is 158 Å². The second-order valence-electron chi connectivity index (χ2n) is 8.93. The number of carbonyl (C=O) groups excluding carboxylic acids is 3. The zero-order valence-corrected chi connectivity index (χ0v) is 20.7. The van der Waals surface area contributed by atoms with Crippen LogP contribution in [0.2, 0.25) is 0 Å². The van der Waals surface area contributed by atoms with Gasteiger partial charge in [-0.25, -0.2) is 9.59 Å². The number of carboxylic acid groups (broad SMARTS) is 1. The third-order valence-electron chi connectivity index (χ3n) is 6.38. The van der Waals surface area contributed by atoms with Crippen molar-refractivity contribution in [3.05, 3.63) is 23.9 Å². The zero-order valence-electron chi connectivity index (χ0n) is 20.7. The molecule has 0 spiro atoms. The lowest BCUT2D eigenvalue weighted by atomic mass is 9.84. The Morgan fingerprint density at radius 2 is 1.78 bits per heavy atom. The van der Waals surface area contributed by atoms with Gasteiger partial charge in [0.05, 0.1) is 5.52 Å². The van der Waals surface area contributed by atoms with Gasteiger partial charge in [0.25, 0.3) is 12.4 Å². The molecular formula is C24H35N7O5. The van der Waals surface area contributed by atoms with Crippen LogP contribution in [0.5, 0.6) is 0 Å². The number of piperidine rings is 3. The van der Waals surface area contributed by atoms with Crippen LogP contribution in [-0.2, 0) is 4.79 Å². The van der Waals surface area contributed by atoms with Gasteiger partial charge in [-0.1, -0.05) is 13.8 Å². The van der Waals surface area contributed by atoms with Crippen molar-refractivity contribution >= 4 is 41.0 Å². The van der Waals surface area contributed by atoms with Crippen molar-refractivity contribution in [3.63, 3.8) is 0 Å². The number of benzene rings is 1. The lowest BCUT2D eigenvalue weighted by Crippen LogP contribution is -2.57. The summed E-state index contributed by atoms with van der Waals surface area (Å²) in [6.07, 6.45) is 3.79. The fourth-order valence-corrected chi connectivity index (χ4v) is 4.60. The molecule has 2 bridgehead atoms. The minimum atomic E-state index is -0.384. The van der Waals surface area contributed by atoms with Gasteiger partial charge in [0.1, 0.15) is 0 Å². The van der Waals surface area contributed by atoms with Crippen molar-refractivity contribution in [2.24, 2.45) is 5.92 Å². The SMILES string of the molecule is CCCNC(=O)Nc1ccc2c(c1)c(C(=O)N[C@H]1CN3CCC1CC3)nn2C(=O)NCCC.O=CO. The van der Waals surface area contributed by atoms with E-state index in [9.17, 15) is 14.4 Å². The Morgan fingerprint density at radius 3 is 2.39 bits per heavy atom. The third-order valence-corrected chi connectivity index (χ3v) is 6.38. The first-order chi connectivity index (χ1) is 17.4. The van der Waals surface area contributed by atoms with Crippen molar-refractivity contribution in [1.82, 2.24) is 30.6 Å². The largest absolute Gasteiger partial charge is 0.483 e. The molecule has 5 N–H and O–H groups in total. The van der Waals surface area contributed by atoms with Gasteiger partial charge in [-0.15, -0.1) is 0 Å². The average molecular weight is 502 g/mol. The number of hydrogen-bond acceptors (Lipinski definition) is 6. The number of amides is 4. The molecule has 0 unspecified atom stereocenters. The van der Waals surface area contributed by atoms with E-state index >= 15 is 0 Å². The van der Waals surface area contributed by atoms with Crippen LogP contribution in [0.25, 0.3) is 10.9 Å². The third kappa shape index (κ3) is 6.51. The van der Waals surface area contributed by atoms with Crippen molar-refractivity contribution in [1.29, 1.82) is 0 Å². The number of anilines is 1. The van der Waals surface area contributed by atoms with E-state index in [2.05, 4.69) is 31.3 Å². The highest BCUT2D eigenvalue weighted by molar-refractivity contribution is 6.08. The van der Waals surface area contributed by atoms with Gasteiger partial charge in [0.15, 0.2) is 5.69 Å². The Labute approximate surface area is 209 Å². The minimum Gasteiger partial charge on any atom is -0.483 e. The summed E-state index contributed by atoms with van der Waals surface area (Å²) in [4.78, 5) is 48.8. The fourth-order valence-electron chi connectivity index (χ4n) is 4.60. The highest BCUT2D eigenvalue weighted by atomic mass is 16.3. The summed E-state index contributed by atoms with van der Waals surface area (Å²) < 4.78 is 1.23. The standard InChI is InChI=1S/C23H33N7O3.CH2O2/c1-3-9-24-22(32)26-16-5-6-19-17(13-16)20(28-30(19)23(33)25-10-4-2)21(31)27-18-14-29-11-7-15(18)8-12-29;2-1-3/h5-6,13,15,18H,3-4,7-12,14H2,1-2H3,(H,25,33)(H,27,31)(H2,24,26,32);1H,(H,2,3)/t18-;/m0./s1. The number of fused-ring (bicyclic) bond motifs is 4. The molecule has 3 aliphatic rings. The molecular weight excluding hydrogens is 466 g/mol. The number of hydrogen-bond donors (Lipinski definition) is 5. The van der Waals surface area contributed by atoms with Gasteiger partial charge in [0, 0.05) is 36.7 Å². The van der Waals surface area contributed by atoms with Crippen molar-refractivity contribution < 1.29 is 24.3 Å². The van der Waals surface area contributed by atoms with Gasteiger partial charge < -0.3 is 31.3 Å². The van der Waals surface area contributed by atoms with Gasteiger partial charge in [-0.3, -0.25) is 9.59 Å². The Kier molecular flexibility index (Phi) is 9.62. The van der Waals surface area contributed by atoms with E-state index in [4.69, 9.17) is 9.90 Å². The van der Waals surface area contributed by atoms with Crippen LogP contribution in [0, 0.1) is 5.92 Å². The number of aromatic nitrogens is 2. The van der Waals surface area contributed by atoms with E-state index in [-0.39, 0.29) is 36.2 Å². The smallest absolute Gasteiger partial charge is 0.342 e. The first-order valence-electron chi connectivity index (χ1n) is 12.4. The Morgan fingerprint density at radius 1 is 1.11 bits per heavy atom. The first-order valence-corrected chi connectivity index (χ1v) is 12.4. The molecule has 12 heteroatoms. The van der Waals surface area contributed by atoms with Crippen LogP contribution in [0.1, 0.15) is 50.0 Å². The van der Waals surface area contributed by atoms with E-state index in [0.29, 0.717) is 35.6 Å². The fraction of sp³-hybridized carbons (Fsp3) is 0.542. The summed E-state index contributed by atoms with van der Waals surface area (Å²) in [7, 11) is 0. The quantitative estimate of drug-likeness (QED) is 0.363. The highest BCUT2D eigenvalue weighted by Gasteiger charge is 2.35. The van der Waals surface area contributed by atoms with Gasteiger partial charge in [-0.2, -0.15) is 9.78 Å². The minimum absolute atomic E-state index is 0.0789. The Bertz CT molecular complexity index is 1080. The second-order valence-corrected chi connectivity index (χ2v) is 8.93. The van der Waals surface area contributed by atoms with Crippen LogP contribution in [0.3, 0.4) is 0 Å². The normalized spacial score (nSPS) is 20.1. The molecule has 0 radical (unpaired) electrons. The molecule has 3 aliphatic heterocycles. The molecule has 196 valence electrons. The van der Waals surface area contributed by atoms with Gasteiger partial charge in [-0.05, 0) is 62.9 Å². The van der Waals surface area contributed by atoms with Gasteiger partial charge >= 0.3 is 12.1 Å². The van der Waals surface area contributed by atoms with Crippen molar-refractivity contribution in [2.75, 3.05) is 38.0 Å². The molecule has 4 amide bonds. The van der Waals surface area contributed by atoms with Crippen LogP contribution < -0.4 is 21.3 Å². The van der Waals surface area contributed by atoms with Crippen LogP contribution in [0.15, 0.2) is 18.2 Å². The molecule has 12 nitrogen and oxygen atoms in total. The maximum absolute atomic E-state index is 13.3. The number of rotatable bonds is 7. The molecule has 0 aliphatic carbocycles. The maximum Gasteiger partial charge on any atom is 0.342 e. The zero-order chi connectivity index (χ0) is 26.1. The van der Waals surface area contributed by atoms with E-state index in [1.807, 2.05) is 13.8 Å². The van der Waals surface area contributed by atoms with Crippen LogP contribution >= 0.6 is 0 Å². The summed E-state index contributed by atoms with van der Waals surface area (Å²) in [5.41, 5.74) is 1.23.